The van der Waals surface area contributed by atoms with E-state index >= 15 is 0 Å². The Balaban J connectivity index is 2.26. The first kappa shape index (κ1) is 19.2. The highest BCUT2D eigenvalue weighted by molar-refractivity contribution is 6.79. The first-order valence-corrected chi connectivity index (χ1v) is 8.71. The highest BCUT2D eigenvalue weighted by Gasteiger charge is 2.36. The van der Waals surface area contributed by atoms with Crippen LogP contribution in [0.5, 0.6) is 0 Å². The molecule has 0 fully saturated rings. The molecule has 10 heteroatoms. The molecule has 0 saturated heterocycles. The second-order valence-corrected chi connectivity index (χ2v) is 9.15. The molecule has 23 heavy (non-hydrogen) atoms. The zero-order valence-electron chi connectivity index (χ0n) is 11.7. The lowest BCUT2D eigenvalue weighted by Gasteiger charge is -2.23. The summed E-state index contributed by atoms with van der Waals surface area (Å²) in [5.74, 6) is 1.17. The van der Waals surface area contributed by atoms with E-state index in [0.29, 0.717) is 12.2 Å². The van der Waals surface area contributed by atoms with E-state index in [0.717, 1.165) is 17.7 Å². The van der Waals surface area contributed by atoms with Crippen LogP contribution in [-0.4, -0.2) is 19.3 Å². The first-order chi connectivity index (χ1) is 10.6. The molecule has 0 atom stereocenters. The molecule has 126 valence electrons. The minimum absolute atomic E-state index is 0.00603. The van der Waals surface area contributed by atoms with Gasteiger partial charge in [0.05, 0.1) is 6.26 Å². The highest BCUT2D eigenvalue weighted by Crippen LogP contribution is 2.34. The summed E-state index contributed by atoms with van der Waals surface area (Å²) in [6, 6.07) is 1.95. The average Bonchev–Trinajstić information content (AvgIpc) is 2.91. The van der Waals surface area contributed by atoms with Gasteiger partial charge in [0.15, 0.2) is 11.7 Å². The van der Waals surface area contributed by atoms with Gasteiger partial charge in [-0.15, -0.1) is 0 Å². The molecular weight excluding hydrogens is 427 g/mol. The number of furan rings is 1. The van der Waals surface area contributed by atoms with Gasteiger partial charge in [0.25, 0.3) is 0 Å². The fraction of sp³-hybridized carbons (Fsp3) is 0.385. The normalized spacial score (nSPS) is 17.8. The highest BCUT2D eigenvalue weighted by atomic mass is 35.6. The number of nitrogens with zero attached hydrogens (tertiary/aromatic N) is 2. The van der Waals surface area contributed by atoms with Gasteiger partial charge in [-0.2, -0.15) is 0 Å². The summed E-state index contributed by atoms with van der Waals surface area (Å²) in [5, 5.41) is 2.81. The minimum atomic E-state index is -1.84. The Hall–Kier alpha value is -0.100. The van der Waals surface area contributed by atoms with Gasteiger partial charge in [0, 0.05) is 6.42 Å². The van der Waals surface area contributed by atoms with Crippen molar-refractivity contribution >= 4 is 81.3 Å². The SMILES string of the molecule is CCc1cc(CC=C2N=C(C(Cl)(Cl)Cl)N=C(C(Cl)(Cl)Cl)N2)co1. The average molecular weight is 438 g/mol. The summed E-state index contributed by atoms with van der Waals surface area (Å²) in [6.45, 7) is 2.01. The lowest BCUT2D eigenvalue weighted by atomic mass is 10.2. The molecule has 0 saturated carbocycles. The van der Waals surface area contributed by atoms with Crippen LogP contribution in [0, 0.1) is 0 Å². The van der Waals surface area contributed by atoms with Gasteiger partial charge in [-0.25, -0.2) is 9.98 Å². The van der Waals surface area contributed by atoms with Crippen molar-refractivity contribution < 1.29 is 4.42 Å². The summed E-state index contributed by atoms with van der Waals surface area (Å²) in [6.07, 6.45) is 4.78. The number of aryl methyl sites for hydroxylation is 1. The number of halogens is 6. The van der Waals surface area contributed by atoms with Crippen molar-refractivity contribution in [3.05, 3.63) is 35.6 Å². The van der Waals surface area contributed by atoms with Crippen LogP contribution >= 0.6 is 69.6 Å². The Morgan fingerprint density at radius 3 is 2.35 bits per heavy atom. The number of rotatable bonds is 3. The predicted octanol–water partition coefficient (Wildman–Crippen LogP) is 5.37. The predicted molar refractivity (Wildman–Crippen MR) is 98.5 cm³/mol. The van der Waals surface area contributed by atoms with E-state index in [-0.39, 0.29) is 11.7 Å². The smallest absolute Gasteiger partial charge is 0.250 e. The van der Waals surface area contributed by atoms with Crippen molar-refractivity contribution in [2.45, 2.75) is 27.4 Å². The van der Waals surface area contributed by atoms with E-state index in [1.807, 2.05) is 13.0 Å². The van der Waals surface area contributed by atoms with E-state index in [1.54, 1.807) is 12.3 Å². The summed E-state index contributed by atoms with van der Waals surface area (Å²) < 4.78 is 1.72. The van der Waals surface area contributed by atoms with Gasteiger partial charge in [-0.3, -0.25) is 0 Å². The maximum absolute atomic E-state index is 5.84. The third-order valence-electron chi connectivity index (χ3n) is 2.80. The van der Waals surface area contributed by atoms with Crippen molar-refractivity contribution in [1.29, 1.82) is 0 Å². The van der Waals surface area contributed by atoms with E-state index in [2.05, 4.69) is 15.3 Å². The monoisotopic (exact) mass is 435 g/mol. The van der Waals surface area contributed by atoms with Crippen LogP contribution < -0.4 is 5.32 Å². The molecule has 1 aromatic heterocycles. The Labute approximate surface area is 163 Å². The molecule has 0 bridgehead atoms. The van der Waals surface area contributed by atoms with Gasteiger partial charge < -0.3 is 9.73 Å². The number of alkyl halides is 6. The molecule has 2 rings (SSSR count). The zero-order valence-corrected chi connectivity index (χ0v) is 16.3. The second kappa shape index (κ2) is 7.42. The maximum Gasteiger partial charge on any atom is 0.250 e. The van der Waals surface area contributed by atoms with E-state index in [1.165, 1.54) is 0 Å². The summed E-state index contributed by atoms with van der Waals surface area (Å²) in [7, 11) is 0. The Kier molecular flexibility index (Phi) is 6.21. The lowest BCUT2D eigenvalue weighted by molar-refractivity contribution is 0.514. The van der Waals surface area contributed by atoms with Gasteiger partial charge in [0.1, 0.15) is 11.6 Å². The van der Waals surface area contributed by atoms with Crippen LogP contribution in [0.2, 0.25) is 0 Å². The molecular formula is C13H11Cl6N3O. The molecule has 4 nitrogen and oxygen atoms in total. The molecule has 0 aromatic carbocycles. The van der Waals surface area contributed by atoms with Crippen LogP contribution in [-0.2, 0) is 12.8 Å². The Bertz CT molecular complexity index is 666. The van der Waals surface area contributed by atoms with Crippen LogP contribution in [0.25, 0.3) is 0 Å². The standard InChI is InChI=1S/C13H11Cl6N3O/c1-2-8-5-7(6-23-8)3-4-9-20-10(12(14,15)16)22-11(21-9)13(17,18)19/h4-6H,2-3H2,1H3,(H,20,21,22). The molecule has 0 unspecified atom stereocenters. The van der Waals surface area contributed by atoms with E-state index in [9.17, 15) is 0 Å². The van der Waals surface area contributed by atoms with Crippen LogP contribution in [0.4, 0.5) is 0 Å². The quantitative estimate of drug-likeness (QED) is 0.646. The van der Waals surface area contributed by atoms with E-state index < -0.39 is 7.59 Å². The molecule has 0 aliphatic carbocycles. The van der Waals surface area contributed by atoms with Crippen LogP contribution in [0.3, 0.4) is 0 Å². The second-order valence-electron chi connectivity index (χ2n) is 4.58. The number of hydrogen-bond acceptors (Lipinski definition) is 4. The molecule has 0 amide bonds. The molecule has 2 heterocycles. The van der Waals surface area contributed by atoms with Gasteiger partial charge in [-0.1, -0.05) is 76.5 Å². The summed E-state index contributed by atoms with van der Waals surface area (Å²) in [5.41, 5.74) is 0.972. The fourth-order valence-electron chi connectivity index (χ4n) is 1.71. The van der Waals surface area contributed by atoms with E-state index in [4.69, 9.17) is 74.0 Å². The third kappa shape index (κ3) is 5.45. The number of allylic oxidation sites excluding steroid dienone is 1. The largest absolute Gasteiger partial charge is 0.469 e. The molecule has 0 radical (unpaired) electrons. The number of aliphatic imine (C=N–C) groups is 2. The minimum Gasteiger partial charge on any atom is -0.469 e. The maximum atomic E-state index is 5.84. The third-order valence-corrected chi connectivity index (χ3v) is 3.84. The zero-order chi connectivity index (χ0) is 17.3. The van der Waals surface area contributed by atoms with Crippen molar-refractivity contribution in [1.82, 2.24) is 5.32 Å². The molecule has 1 aromatic rings. The van der Waals surface area contributed by atoms with Gasteiger partial charge in [-0.05, 0) is 24.1 Å². The van der Waals surface area contributed by atoms with Crippen molar-refractivity contribution in [2.24, 2.45) is 9.98 Å². The van der Waals surface area contributed by atoms with Crippen molar-refractivity contribution in [3.8, 4) is 0 Å². The number of hydrogen-bond donors (Lipinski definition) is 1. The topological polar surface area (TPSA) is 49.9 Å². The molecule has 1 N–H and O–H groups in total. The number of amidine groups is 2. The van der Waals surface area contributed by atoms with Crippen LogP contribution in [0.15, 0.2) is 38.6 Å². The lowest BCUT2D eigenvalue weighted by Crippen LogP contribution is -2.39. The molecule has 0 spiro atoms. The fourth-order valence-corrected chi connectivity index (χ4v) is 2.24. The van der Waals surface area contributed by atoms with Gasteiger partial charge >= 0.3 is 0 Å². The first-order valence-electron chi connectivity index (χ1n) is 6.45. The number of nitrogens with one attached hydrogen (secondary N) is 1. The van der Waals surface area contributed by atoms with Gasteiger partial charge in [0.2, 0.25) is 7.59 Å². The Morgan fingerprint density at radius 2 is 1.83 bits per heavy atom. The van der Waals surface area contributed by atoms with Crippen molar-refractivity contribution in [3.63, 3.8) is 0 Å². The Morgan fingerprint density at radius 1 is 1.13 bits per heavy atom. The summed E-state index contributed by atoms with van der Waals surface area (Å²) in [4.78, 5) is 8.09. The summed E-state index contributed by atoms with van der Waals surface area (Å²) >= 11 is 35.0. The van der Waals surface area contributed by atoms with Crippen molar-refractivity contribution in [2.75, 3.05) is 0 Å². The van der Waals surface area contributed by atoms with Crippen LogP contribution in [0.1, 0.15) is 18.2 Å². The molecule has 1 aliphatic heterocycles. The molecule has 1 aliphatic rings.